The average molecular weight is 291 g/mol. The van der Waals surface area contributed by atoms with Gasteiger partial charge in [-0.15, -0.1) is 0 Å². The fourth-order valence-corrected chi connectivity index (χ4v) is 3.14. The number of nitrogens with zero attached hydrogens (tertiary/aromatic N) is 1. The van der Waals surface area contributed by atoms with Crippen LogP contribution in [0.2, 0.25) is 0 Å². The number of likely N-dealkylation sites (tertiary alicyclic amines) is 1. The molecule has 0 bridgehead atoms. The lowest BCUT2D eigenvalue weighted by Gasteiger charge is -2.26. The standard InChI is InChI=1S/C17H25NO3/c1-13(2)19-9-8-18-7-3-4-15(18)14-5-6-16-17(12-14)21-11-10-20-16/h5-6,12-13,15H,3-4,7-11H2,1-2H3. The first kappa shape index (κ1) is 14.7. The summed E-state index contributed by atoms with van der Waals surface area (Å²) in [4.78, 5) is 2.52. The minimum atomic E-state index is 0.306. The molecule has 3 rings (SSSR count). The van der Waals surface area contributed by atoms with Crippen LogP contribution in [-0.2, 0) is 4.74 Å². The van der Waals surface area contributed by atoms with Gasteiger partial charge in [0.15, 0.2) is 11.5 Å². The number of hydrogen-bond acceptors (Lipinski definition) is 4. The maximum Gasteiger partial charge on any atom is 0.161 e. The summed E-state index contributed by atoms with van der Waals surface area (Å²) >= 11 is 0. The smallest absolute Gasteiger partial charge is 0.161 e. The first-order valence-electron chi connectivity index (χ1n) is 7.99. The zero-order chi connectivity index (χ0) is 14.7. The van der Waals surface area contributed by atoms with Crippen LogP contribution >= 0.6 is 0 Å². The Hall–Kier alpha value is -1.26. The zero-order valence-electron chi connectivity index (χ0n) is 13.0. The number of ether oxygens (including phenoxy) is 3. The first-order chi connectivity index (χ1) is 10.2. The lowest BCUT2D eigenvalue weighted by molar-refractivity contribution is 0.0563. The predicted molar refractivity (Wildman–Crippen MR) is 82.1 cm³/mol. The number of fused-ring (bicyclic) bond motifs is 1. The fraction of sp³-hybridized carbons (Fsp3) is 0.647. The van der Waals surface area contributed by atoms with E-state index in [-0.39, 0.29) is 0 Å². The van der Waals surface area contributed by atoms with Crippen LogP contribution in [-0.4, -0.2) is 43.9 Å². The maximum atomic E-state index is 5.70. The quantitative estimate of drug-likeness (QED) is 0.834. The molecule has 0 aliphatic carbocycles. The van der Waals surface area contributed by atoms with Crippen LogP contribution in [0.25, 0.3) is 0 Å². The molecule has 4 heteroatoms. The van der Waals surface area contributed by atoms with Crippen molar-refractivity contribution in [3.8, 4) is 11.5 Å². The van der Waals surface area contributed by atoms with Crippen LogP contribution in [0.4, 0.5) is 0 Å². The molecule has 0 radical (unpaired) electrons. The first-order valence-corrected chi connectivity index (χ1v) is 7.99. The van der Waals surface area contributed by atoms with Gasteiger partial charge in [-0.2, -0.15) is 0 Å². The van der Waals surface area contributed by atoms with Gasteiger partial charge in [0, 0.05) is 12.6 Å². The highest BCUT2D eigenvalue weighted by Gasteiger charge is 2.27. The highest BCUT2D eigenvalue weighted by molar-refractivity contribution is 5.44. The van der Waals surface area contributed by atoms with Gasteiger partial charge in [-0.05, 0) is 50.9 Å². The molecule has 2 aliphatic rings. The third kappa shape index (κ3) is 3.50. The maximum absolute atomic E-state index is 5.70. The molecule has 21 heavy (non-hydrogen) atoms. The van der Waals surface area contributed by atoms with Crippen molar-refractivity contribution < 1.29 is 14.2 Å². The summed E-state index contributed by atoms with van der Waals surface area (Å²) in [7, 11) is 0. The molecule has 1 unspecified atom stereocenters. The monoisotopic (exact) mass is 291 g/mol. The summed E-state index contributed by atoms with van der Waals surface area (Å²) in [5.74, 6) is 1.77. The molecule has 0 N–H and O–H groups in total. The van der Waals surface area contributed by atoms with E-state index in [4.69, 9.17) is 14.2 Å². The van der Waals surface area contributed by atoms with E-state index < -0.39 is 0 Å². The van der Waals surface area contributed by atoms with Crippen molar-refractivity contribution in [2.24, 2.45) is 0 Å². The van der Waals surface area contributed by atoms with Gasteiger partial charge in [0.05, 0.1) is 12.7 Å². The van der Waals surface area contributed by atoms with Crippen LogP contribution in [0.3, 0.4) is 0 Å². The summed E-state index contributed by atoms with van der Waals surface area (Å²) in [6.45, 7) is 8.42. The minimum absolute atomic E-state index is 0.306. The molecule has 1 saturated heterocycles. The van der Waals surface area contributed by atoms with Crippen molar-refractivity contribution in [1.82, 2.24) is 4.90 Å². The Bertz CT molecular complexity index is 475. The Balaban J connectivity index is 1.67. The molecule has 1 fully saturated rings. The Morgan fingerprint density at radius 3 is 2.86 bits per heavy atom. The van der Waals surface area contributed by atoms with Crippen LogP contribution in [0.1, 0.15) is 38.3 Å². The van der Waals surface area contributed by atoms with E-state index in [9.17, 15) is 0 Å². The molecule has 2 heterocycles. The van der Waals surface area contributed by atoms with Crippen molar-refractivity contribution in [3.05, 3.63) is 23.8 Å². The van der Waals surface area contributed by atoms with E-state index in [1.54, 1.807) is 0 Å². The van der Waals surface area contributed by atoms with E-state index in [1.165, 1.54) is 18.4 Å². The van der Waals surface area contributed by atoms with E-state index in [0.717, 1.165) is 31.2 Å². The van der Waals surface area contributed by atoms with Crippen molar-refractivity contribution in [1.29, 1.82) is 0 Å². The molecular weight excluding hydrogens is 266 g/mol. The third-order valence-corrected chi connectivity index (χ3v) is 4.14. The minimum Gasteiger partial charge on any atom is -0.486 e. The third-order valence-electron chi connectivity index (χ3n) is 4.14. The summed E-state index contributed by atoms with van der Waals surface area (Å²) < 4.78 is 17.0. The lowest BCUT2D eigenvalue weighted by atomic mass is 10.0. The molecule has 116 valence electrons. The molecular formula is C17H25NO3. The fourth-order valence-electron chi connectivity index (χ4n) is 3.14. The summed E-state index contributed by atoms with van der Waals surface area (Å²) in [5, 5.41) is 0. The molecule has 0 amide bonds. The Labute approximate surface area is 127 Å². The van der Waals surface area contributed by atoms with Crippen LogP contribution in [0, 0.1) is 0 Å². The van der Waals surface area contributed by atoms with Crippen LogP contribution < -0.4 is 9.47 Å². The Morgan fingerprint density at radius 2 is 2.05 bits per heavy atom. The second-order valence-corrected chi connectivity index (χ2v) is 6.02. The predicted octanol–water partition coefficient (Wildman–Crippen LogP) is 3.02. The van der Waals surface area contributed by atoms with Crippen molar-refractivity contribution >= 4 is 0 Å². The van der Waals surface area contributed by atoms with Crippen molar-refractivity contribution in [3.63, 3.8) is 0 Å². The van der Waals surface area contributed by atoms with Gasteiger partial charge < -0.3 is 14.2 Å². The van der Waals surface area contributed by atoms with E-state index in [0.29, 0.717) is 25.4 Å². The highest BCUT2D eigenvalue weighted by atomic mass is 16.6. The molecule has 0 spiro atoms. The van der Waals surface area contributed by atoms with Crippen molar-refractivity contribution in [2.45, 2.75) is 38.8 Å². The number of hydrogen-bond donors (Lipinski definition) is 0. The zero-order valence-corrected chi connectivity index (χ0v) is 13.0. The van der Waals surface area contributed by atoms with Gasteiger partial charge in [0.25, 0.3) is 0 Å². The van der Waals surface area contributed by atoms with Gasteiger partial charge in [-0.1, -0.05) is 6.07 Å². The van der Waals surface area contributed by atoms with Gasteiger partial charge in [0.1, 0.15) is 13.2 Å². The highest BCUT2D eigenvalue weighted by Crippen LogP contribution is 2.37. The van der Waals surface area contributed by atoms with Gasteiger partial charge >= 0.3 is 0 Å². The van der Waals surface area contributed by atoms with Crippen LogP contribution in [0.5, 0.6) is 11.5 Å². The Morgan fingerprint density at radius 1 is 1.24 bits per heavy atom. The van der Waals surface area contributed by atoms with Gasteiger partial charge in [0.2, 0.25) is 0 Å². The molecule has 1 aromatic rings. The topological polar surface area (TPSA) is 30.9 Å². The normalized spacial score (nSPS) is 22.0. The largest absolute Gasteiger partial charge is 0.486 e. The molecule has 1 atom stereocenters. The van der Waals surface area contributed by atoms with E-state index >= 15 is 0 Å². The lowest BCUT2D eigenvalue weighted by Crippen LogP contribution is -2.28. The van der Waals surface area contributed by atoms with Gasteiger partial charge in [-0.3, -0.25) is 4.90 Å². The Kier molecular flexibility index (Phi) is 4.66. The SMILES string of the molecule is CC(C)OCCN1CCCC1c1ccc2c(c1)OCCO2. The van der Waals surface area contributed by atoms with Crippen LogP contribution in [0.15, 0.2) is 18.2 Å². The summed E-state index contributed by atoms with van der Waals surface area (Å²) in [5.41, 5.74) is 1.33. The molecule has 2 aliphatic heterocycles. The summed E-state index contributed by atoms with van der Waals surface area (Å²) in [6.07, 6.45) is 2.77. The average Bonchev–Trinajstić information content (AvgIpc) is 2.95. The molecule has 0 saturated carbocycles. The molecule has 0 aromatic heterocycles. The molecule has 1 aromatic carbocycles. The van der Waals surface area contributed by atoms with E-state index in [2.05, 4.69) is 30.9 Å². The van der Waals surface area contributed by atoms with Crippen molar-refractivity contribution in [2.75, 3.05) is 32.9 Å². The molecule has 4 nitrogen and oxygen atoms in total. The van der Waals surface area contributed by atoms with E-state index in [1.807, 2.05) is 6.07 Å². The number of benzene rings is 1. The second-order valence-electron chi connectivity index (χ2n) is 6.02. The second kappa shape index (κ2) is 6.67. The summed E-state index contributed by atoms with van der Waals surface area (Å²) in [6, 6.07) is 6.86. The van der Waals surface area contributed by atoms with Gasteiger partial charge in [-0.25, -0.2) is 0 Å². The number of rotatable bonds is 5.